The Hall–Kier alpha value is -2.38. The summed E-state index contributed by atoms with van der Waals surface area (Å²) in [5.41, 5.74) is 1.57. The molecule has 0 radical (unpaired) electrons. The summed E-state index contributed by atoms with van der Waals surface area (Å²) in [4.78, 5) is 26.1. The Morgan fingerprint density at radius 2 is 1.91 bits per heavy atom. The maximum Gasteiger partial charge on any atom is 0.259 e. The van der Waals surface area contributed by atoms with Gasteiger partial charge in [-0.25, -0.2) is 19.3 Å². The van der Waals surface area contributed by atoms with Crippen molar-refractivity contribution in [2.24, 2.45) is 0 Å². The molecule has 23 heavy (non-hydrogen) atoms. The van der Waals surface area contributed by atoms with E-state index in [-0.39, 0.29) is 17.0 Å². The molecule has 3 rings (SSSR count). The fourth-order valence-electron chi connectivity index (χ4n) is 1.89. The first-order chi connectivity index (χ1) is 11.0. The molecule has 0 fully saturated rings. The van der Waals surface area contributed by atoms with Crippen molar-refractivity contribution in [3.63, 3.8) is 0 Å². The highest BCUT2D eigenvalue weighted by molar-refractivity contribution is 7.14. The first kappa shape index (κ1) is 15.5. The Morgan fingerprint density at radius 3 is 2.61 bits per heavy atom. The highest BCUT2D eigenvalue weighted by Crippen LogP contribution is 2.27. The number of hydrogen-bond donors (Lipinski definition) is 0. The molecule has 3 aromatic rings. The second-order valence-corrected chi connectivity index (χ2v) is 5.77. The van der Waals surface area contributed by atoms with Crippen LogP contribution in [-0.4, -0.2) is 27.9 Å². The lowest BCUT2D eigenvalue weighted by atomic mass is 10.2. The van der Waals surface area contributed by atoms with E-state index >= 15 is 0 Å². The molecule has 0 saturated carbocycles. The first-order valence-corrected chi connectivity index (χ1v) is 7.78. The summed E-state index contributed by atoms with van der Waals surface area (Å²) < 4.78 is 12.9. The molecule has 8 heteroatoms. The zero-order valence-electron chi connectivity index (χ0n) is 11.9. The highest BCUT2D eigenvalue weighted by atomic mass is 35.5. The number of rotatable bonds is 3. The topological polar surface area (TPSA) is 59.0 Å². The predicted molar refractivity (Wildman–Crippen MR) is 87.3 cm³/mol. The zero-order chi connectivity index (χ0) is 16.4. The molecule has 0 unspecified atom stereocenters. The molecule has 116 valence electrons. The lowest BCUT2D eigenvalue weighted by molar-refractivity contribution is 0.0993. The van der Waals surface area contributed by atoms with Crippen molar-refractivity contribution in [3.8, 4) is 11.4 Å². The SMILES string of the molecule is CN(C(=O)c1ccc(F)cc1)c1nc(-c2ccnc(Cl)n2)cs1. The molecule has 0 aliphatic heterocycles. The van der Waals surface area contributed by atoms with E-state index in [4.69, 9.17) is 11.6 Å². The summed E-state index contributed by atoms with van der Waals surface area (Å²) in [6.07, 6.45) is 1.54. The van der Waals surface area contributed by atoms with Crippen molar-refractivity contribution in [2.45, 2.75) is 0 Å². The van der Waals surface area contributed by atoms with Crippen LogP contribution in [0, 0.1) is 5.82 Å². The van der Waals surface area contributed by atoms with E-state index in [2.05, 4.69) is 15.0 Å². The quantitative estimate of drug-likeness (QED) is 0.678. The molecule has 2 heterocycles. The van der Waals surface area contributed by atoms with Gasteiger partial charge in [0.1, 0.15) is 11.5 Å². The Morgan fingerprint density at radius 1 is 1.17 bits per heavy atom. The van der Waals surface area contributed by atoms with Crippen molar-refractivity contribution in [2.75, 3.05) is 11.9 Å². The molecule has 2 aromatic heterocycles. The summed E-state index contributed by atoms with van der Waals surface area (Å²) in [7, 11) is 1.61. The molecule has 0 N–H and O–H groups in total. The molecule has 1 amide bonds. The Kier molecular flexibility index (Phi) is 4.31. The van der Waals surface area contributed by atoms with Crippen LogP contribution in [0.4, 0.5) is 9.52 Å². The zero-order valence-corrected chi connectivity index (χ0v) is 13.5. The Bertz CT molecular complexity index is 853. The molecular weight excluding hydrogens is 339 g/mol. The summed E-state index contributed by atoms with van der Waals surface area (Å²) in [6.45, 7) is 0. The molecule has 5 nitrogen and oxygen atoms in total. The van der Waals surface area contributed by atoms with Crippen LogP contribution >= 0.6 is 22.9 Å². The van der Waals surface area contributed by atoms with Gasteiger partial charge in [0.2, 0.25) is 5.28 Å². The van der Waals surface area contributed by atoms with Crippen LogP contribution in [0.2, 0.25) is 5.28 Å². The first-order valence-electron chi connectivity index (χ1n) is 6.52. The molecule has 1 aromatic carbocycles. The third kappa shape index (κ3) is 3.35. The van der Waals surface area contributed by atoms with E-state index in [0.29, 0.717) is 22.1 Å². The number of thiazole rings is 1. The number of amides is 1. The number of carbonyl (C=O) groups excluding carboxylic acids is 1. The van der Waals surface area contributed by atoms with Crippen molar-refractivity contribution < 1.29 is 9.18 Å². The number of anilines is 1. The lowest BCUT2D eigenvalue weighted by Crippen LogP contribution is -2.26. The minimum atomic E-state index is -0.388. The smallest absolute Gasteiger partial charge is 0.259 e. The number of halogens is 2. The van der Waals surface area contributed by atoms with Gasteiger partial charge in [0.05, 0.1) is 5.69 Å². The summed E-state index contributed by atoms with van der Waals surface area (Å²) in [6, 6.07) is 7.06. The second-order valence-electron chi connectivity index (χ2n) is 4.60. The molecule has 0 bridgehead atoms. The second kappa shape index (κ2) is 6.39. The van der Waals surface area contributed by atoms with Gasteiger partial charge in [-0.2, -0.15) is 0 Å². The number of hydrogen-bond acceptors (Lipinski definition) is 5. The maximum absolute atomic E-state index is 12.9. The molecule has 0 saturated heterocycles. The largest absolute Gasteiger partial charge is 0.287 e. The average Bonchev–Trinajstić information content (AvgIpc) is 3.04. The van der Waals surface area contributed by atoms with E-state index in [0.717, 1.165) is 0 Å². The van der Waals surface area contributed by atoms with Gasteiger partial charge in [-0.15, -0.1) is 11.3 Å². The lowest BCUT2D eigenvalue weighted by Gasteiger charge is -2.13. The third-order valence-electron chi connectivity index (χ3n) is 3.06. The molecule has 0 aliphatic rings. The van der Waals surface area contributed by atoms with Crippen LogP contribution in [0.1, 0.15) is 10.4 Å². The van der Waals surface area contributed by atoms with Crippen LogP contribution in [-0.2, 0) is 0 Å². The number of aromatic nitrogens is 3. The van der Waals surface area contributed by atoms with Gasteiger partial charge in [-0.3, -0.25) is 9.69 Å². The van der Waals surface area contributed by atoms with E-state index in [1.54, 1.807) is 18.5 Å². The van der Waals surface area contributed by atoms with E-state index in [1.165, 1.54) is 46.7 Å². The van der Waals surface area contributed by atoms with Crippen LogP contribution in [0.25, 0.3) is 11.4 Å². The van der Waals surface area contributed by atoms with Crippen molar-refractivity contribution >= 4 is 34.0 Å². The molecule has 0 aliphatic carbocycles. The monoisotopic (exact) mass is 348 g/mol. The van der Waals surface area contributed by atoms with Crippen molar-refractivity contribution in [1.82, 2.24) is 15.0 Å². The summed E-state index contributed by atoms with van der Waals surface area (Å²) in [5, 5.41) is 2.42. The van der Waals surface area contributed by atoms with E-state index in [1.807, 2.05) is 0 Å². The van der Waals surface area contributed by atoms with Crippen LogP contribution in [0.3, 0.4) is 0 Å². The van der Waals surface area contributed by atoms with Gasteiger partial charge >= 0.3 is 0 Å². The molecule has 0 spiro atoms. The van der Waals surface area contributed by atoms with Gasteiger partial charge in [0.25, 0.3) is 5.91 Å². The fourth-order valence-corrected chi connectivity index (χ4v) is 2.82. The summed E-state index contributed by atoms with van der Waals surface area (Å²) >= 11 is 7.07. The van der Waals surface area contributed by atoms with Gasteiger partial charge in [-0.05, 0) is 41.9 Å². The van der Waals surface area contributed by atoms with Crippen LogP contribution in [0.5, 0.6) is 0 Å². The summed E-state index contributed by atoms with van der Waals surface area (Å²) in [5.74, 6) is -0.659. The average molecular weight is 349 g/mol. The van der Waals surface area contributed by atoms with E-state index in [9.17, 15) is 9.18 Å². The predicted octanol–water partition coefficient (Wildman–Crippen LogP) is 3.67. The minimum absolute atomic E-state index is 0.132. The minimum Gasteiger partial charge on any atom is -0.287 e. The Labute approximate surface area is 140 Å². The fraction of sp³-hybridized carbons (Fsp3) is 0.0667. The van der Waals surface area contributed by atoms with Crippen LogP contribution in [0.15, 0.2) is 41.9 Å². The number of carbonyl (C=O) groups is 1. The van der Waals surface area contributed by atoms with E-state index < -0.39 is 0 Å². The maximum atomic E-state index is 12.9. The third-order valence-corrected chi connectivity index (χ3v) is 4.16. The van der Waals surface area contributed by atoms with Crippen molar-refractivity contribution in [1.29, 1.82) is 0 Å². The van der Waals surface area contributed by atoms with Gasteiger partial charge < -0.3 is 0 Å². The molecular formula is C15H10ClFN4OS. The molecule has 0 atom stereocenters. The number of nitrogens with zero attached hydrogens (tertiary/aromatic N) is 4. The highest BCUT2D eigenvalue weighted by Gasteiger charge is 2.17. The van der Waals surface area contributed by atoms with Gasteiger partial charge in [-0.1, -0.05) is 0 Å². The van der Waals surface area contributed by atoms with Gasteiger partial charge in [0.15, 0.2) is 5.13 Å². The number of benzene rings is 1. The van der Waals surface area contributed by atoms with Crippen LogP contribution < -0.4 is 4.90 Å². The normalized spacial score (nSPS) is 10.6. The Balaban J connectivity index is 1.84. The standard InChI is InChI=1S/C15H10ClFN4OS/c1-21(13(22)9-2-4-10(17)5-3-9)15-20-12(8-23-15)11-6-7-18-14(16)19-11/h2-8H,1H3. The van der Waals surface area contributed by atoms with Crippen molar-refractivity contribution in [3.05, 3.63) is 58.6 Å². The van der Waals surface area contributed by atoms with Gasteiger partial charge in [0, 0.05) is 24.2 Å².